The molecule has 22 heteroatoms. The van der Waals surface area contributed by atoms with Crippen LogP contribution in [0.15, 0.2) is 28.2 Å². The Morgan fingerprint density at radius 3 is 2.57 bits per heavy atom. The number of carboxylic acids is 1. The number of carboxylic acid groups (broad SMARTS) is 1. The number of halogens is 1. The van der Waals surface area contributed by atoms with Crippen LogP contribution in [0.1, 0.15) is 55.0 Å². The molecule has 2 aromatic heterocycles. The fourth-order valence-electron chi connectivity index (χ4n) is 7.22. The number of tetrazole rings is 1. The van der Waals surface area contributed by atoms with Crippen molar-refractivity contribution in [2.75, 3.05) is 44.2 Å². The quantitative estimate of drug-likeness (QED) is 0.0445. The van der Waals surface area contributed by atoms with Gasteiger partial charge in [0.1, 0.15) is 23.7 Å². The van der Waals surface area contributed by atoms with Gasteiger partial charge >= 0.3 is 5.97 Å². The topological polar surface area (TPSA) is 271 Å². The maximum Gasteiger partial charge on any atom is 0.350 e. The number of β-lactam (4-membered cyclic amide) rings is 1. The first-order valence-corrected chi connectivity index (χ1v) is 19.2. The predicted molar refractivity (Wildman–Crippen MR) is 195 cm³/mol. The van der Waals surface area contributed by atoms with E-state index in [-0.39, 0.29) is 38.4 Å². The summed E-state index contributed by atoms with van der Waals surface area (Å²) in [5.74, 6) is -3.05. The number of oxime groups is 1. The lowest BCUT2D eigenvalue weighted by molar-refractivity contribution is -0.941. The molecular formula is C32H37ClN11O8S2+. The van der Waals surface area contributed by atoms with Gasteiger partial charge in [-0.3, -0.25) is 19.3 Å². The van der Waals surface area contributed by atoms with Crippen LogP contribution in [-0.2, 0) is 19.2 Å². The number of H-pyrrole nitrogens is 1. The summed E-state index contributed by atoms with van der Waals surface area (Å²) in [5.41, 5.74) is 5.28. The number of nitrogens with two attached hydrogens (primary N) is 1. The number of aromatic nitrogens is 5. The Morgan fingerprint density at radius 1 is 1.22 bits per heavy atom. The Kier molecular flexibility index (Phi) is 9.69. The Hall–Kier alpha value is -4.99. The number of quaternary nitrogens is 1. The molecule has 5 aliphatic heterocycles. The Bertz CT molecular complexity index is 2060. The number of anilines is 1. The summed E-state index contributed by atoms with van der Waals surface area (Å²) in [4.78, 5) is 62.9. The Labute approximate surface area is 320 Å². The number of carbonyl (C=O) groups is 4. The molecule has 0 saturated carbocycles. The third-order valence-electron chi connectivity index (χ3n) is 10.6. The van der Waals surface area contributed by atoms with Crippen molar-refractivity contribution < 1.29 is 43.8 Å². The van der Waals surface area contributed by atoms with Gasteiger partial charge in [0.25, 0.3) is 17.7 Å². The van der Waals surface area contributed by atoms with Crippen LogP contribution in [0.3, 0.4) is 0 Å². The van der Waals surface area contributed by atoms with Crippen molar-refractivity contribution in [3.63, 3.8) is 0 Å². The predicted octanol–water partition coefficient (Wildman–Crippen LogP) is 1.13. The number of nitrogens with zero attached hydrogens (tertiary/aromatic N) is 7. The van der Waals surface area contributed by atoms with Crippen molar-refractivity contribution in [2.45, 2.75) is 50.1 Å². The van der Waals surface area contributed by atoms with Gasteiger partial charge in [-0.2, -0.15) is 5.21 Å². The second kappa shape index (κ2) is 14.0. The molecule has 8 rings (SSSR count). The molecule has 0 spiro atoms. The minimum Gasteiger partial charge on any atom is -0.504 e. The van der Waals surface area contributed by atoms with Crippen molar-refractivity contribution in [3.8, 4) is 11.5 Å². The van der Waals surface area contributed by atoms with E-state index in [1.165, 1.54) is 43.1 Å². The van der Waals surface area contributed by atoms with Gasteiger partial charge in [0.2, 0.25) is 11.4 Å². The number of benzene rings is 1. The summed E-state index contributed by atoms with van der Waals surface area (Å²) in [6, 6.07) is 1.65. The number of amides is 3. The molecule has 2 bridgehead atoms. The first-order chi connectivity index (χ1) is 25.6. The molecule has 54 heavy (non-hydrogen) atoms. The summed E-state index contributed by atoms with van der Waals surface area (Å²) in [6.07, 6.45) is 2.59. The van der Waals surface area contributed by atoms with E-state index in [1.807, 2.05) is 0 Å². The lowest BCUT2D eigenvalue weighted by Crippen LogP contribution is -2.70. The number of hydrogen-bond donors (Lipinski definition) is 7. The molecule has 4 saturated heterocycles. The second-order valence-corrected chi connectivity index (χ2v) is 16.7. The fourth-order valence-corrected chi connectivity index (χ4v) is 9.35. The minimum absolute atomic E-state index is 0.0659. The van der Waals surface area contributed by atoms with Gasteiger partial charge in [0.05, 0.1) is 35.9 Å². The highest BCUT2D eigenvalue weighted by Crippen LogP contribution is 2.48. The third kappa shape index (κ3) is 6.80. The van der Waals surface area contributed by atoms with Gasteiger partial charge < -0.3 is 41.0 Å². The summed E-state index contributed by atoms with van der Waals surface area (Å²) in [7, 11) is 0. The highest BCUT2D eigenvalue weighted by atomic mass is 35.5. The number of phenols is 2. The summed E-state index contributed by atoms with van der Waals surface area (Å²) < 4.78 is 0.792. The van der Waals surface area contributed by atoms with Gasteiger partial charge in [-0.1, -0.05) is 16.8 Å². The van der Waals surface area contributed by atoms with Gasteiger partial charge in [-0.25, -0.2) is 9.78 Å². The molecular weight excluding hydrogens is 766 g/mol. The van der Waals surface area contributed by atoms with Crippen molar-refractivity contribution in [2.24, 2.45) is 10.6 Å². The number of nitrogens with one attached hydrogen (secondary N) is 3. The van der Waals surface area contributed by atoms with Crippen LogP contribution >= 0.6 is 34.7 Å². The maximum atomic E-state index is 13.9. The molecule has 2 atom stereocenters. The molecule has 286 valence electrons. The van der Waals surface area contributed by atoms with Gasteiger partial charge in [0, 0.05) is 47.9 Å². The normalized spacial score (nSPS) is 25.2. The zero-order valence-electron chi connectivity index (χ0n) is 29.0. The number of phenolic OH excluding ortho intramolecular Hbond substituents is 2. The van der Waals surface area contributed by atoms with E-state index in [2.05, 4.69) is 41.4 Å². The van der Waals surface area contributed by atoms with Crippen LogP contribution < -0.4 is 16.4 Å². The molecule has 3 aromatic rings. The molecule has 4 fully saturated rings. The molecule has 0 aliphatic carbocycles. The number of aromatic amines is 1. The van der Waals surface area contributed by atoms with Crippen LogP contribution in [0.2, 0.25) is 5.02 Å². The lowest BCUT2D eigenvalue weighted by atomic mass is 9.70. The number of carbonyl (C=O) groups excluding carboxylic acids is 3. The van der Waals surface area contributed by atoms with Crippen LogP contribution in [0.4, 0.5) is 5.13 Å². The highest BCUT2D eigenvalue weighted by Gasteiger charge is 2.56. The smallest absolute Gasteiger partial charge is 0.350 e. The maximum absolute atomic E-state index is 13.9. The first-order valence-electron chi connectivity index (χ1n) is 16.9. The highest BCUT2D eigenvalue weighted by molar-refractivity contribution is 8.00. The number of piperidine rings is 3. The van der Waals surface area contributed by atoms with Crippen LogP contribution in [0, 0.1) is 5.41 Å². The van der Waals surface area contributed by atoms with E-state index in [0.29, 0.717) is 24.5 Å². The monoisotopic (exact) mass is 802 g/mol. The molecule has 0 unspecified atom stereocenters. The molecule has 1 aromatic carbocycles. The van der Waals surface area contributed by atoms with E-state index in [0.717, 1.165) is 60.3 Å². The summed E-state index contributed by atoms with van der Waals surface area (Å²) in [6.45, 7) is 6.20. The van der Waals surface area contributed by atoms with Gasteiger partial charge in [-0.15, -0.1) is 33.3 Å². The number of fused-ring (bicyclic) bond motifs is 4. The average Bonchev–Trinajstić information content (AvgIpc) is 3.85. The van der Waals surface area contributed by atoms with Gasteiger partial charge in [-0.05, 0) is 31.2 Å². The van der Waals surface area contributed by atoms with E-state index in [1.54, 1.807) is 4.90 Å². The molecule has 8 N–H and O–H groups in total. The number of rotatable bonds is 12. The molecule has 0 radical (unpaired) electrons. The van der Waals surface area contributed by atoms with Crippen LogP contribution in [-0.4, -0.2) is 135 Å². The van der Waals surface area contributed by atoms with E-state index in [9.17, 15) is 34.5 Å². The van der Waals surface area contributed by atoms with Crippen molar-refractivity contribution >= 4 is 74.9 Å². The molecule has 3 amide bonds. The third-order valence-corrected chi connectivity index (χ3v) is 13.0. The number of nitrogen functional groups attached to an aromatic ring is 1. The van der Waals surface area contributed by atoms with Crippen LogP contribution in [0.5, 0.6) is 11.5 Å². The number of aliphatic carboxylic acids is 1. The Balaban J connectivity index is 1.04. The number of hydrogen-bond acceptors (Lipinski definition) is 15. The number of thioether (sulfide) groups is 1. The molecule has 19 nitrogen and oxygen atoms in total. The van der Waals surface area contributed by atoms with Gasteiger partial charge in [0.15, 0.2) is 22.3 Å². The first kappa shape index (κ1) is 37.3. The van der Waals surface area contributed by atoms with E-state index >= 15 is 0 Å². The van der Waals surface area contributed by atoms with E-state index < -0.39 is 52.2 Å². The van der Waals surface area contributed by atoms with Crippen molar-refractivity contribution in [1.29, 1.82) is 0 Å². The second-order valence-electron chi connectivity index (χ2n) is 14.4. The zero-order valence-corrected chi connectivity index (χ0v) is 31.4. The Morgan fingerprint density at radius 2 is 1.94 bits per heavy atom. The average molecular weight is 803 g/mol. The standard InChI is InChI=1S/C32H36ClN11O8S2/c1-31(2,29(50)51)52-40-20(17-13-54-30(34)36-17)26(48)37-21-27(49)43-22(24-38-41-42-39-24)15(12-53-28(21)43)11-44-8-5-32(6-9-44,7-10-44)14-35-25(47)16-3-4-18(45)23(46)19(16)33/h3-4,13,21,28H,5-12,14H2,1-2H3,(H7-,34,35,36,37,38,39,40,41,42,45,46,47,48,50,51)/p+1/t21-,28-,32?,44?/m1/s1. The lowest BCUT2D eigenvalue weighted by Gasteiger charge is -2.56. The van der Waals surface area contributed by atoms with Crippen molar-refractivity contribution in [3.05, 3.63) is 45.2 Å². The number of aromatic hydroxyl groups is 2. The molecule has 5 aliphatic rings. The summed E-state index contributed by atoms with van der Waals surface area (Å²) >= 11 is 8.67. The SMILES string of the molecule is CC(C)(O/N=C(\C(=O)N[C@@H]1C(=O)N2C(c3nn[nH]n3)=C(C[N+]34CCC(CNC(=O)c5ccc(O)c(O)c5Cl)(CC3)CC4)CS[C@H]12)c1csc(N)n1)C(=O)O. The zero-order chi connectivity index (χ0) is 38.6. The molecule has 7 heterocycles. The minimum atomic E-state index is -1.75. The fraction of sp³-hybridized carbons (Fsp3) is 0.469. The van der Waals surface area contributed by atoms with Crippen molar-refractivity contribution in [1.82, 2.24) is 41.1 Å². The van der Waals surface area contributed by atoms with Crippen LogP contribution in [0.25, 0.3) is 5.70 Å². The van der Waals surface area contributed by atoms with E-state index in [4.69, 9.17) is 22.2 Å². The number of thiazole rings is 1. The summed E-state index contributed by atoms with van der Waals surface area (Å²) in [5, 5.41) is 54.3. The largest absolute Gasteiger partial charge is 0.504 e.